The van der Waals surface area contributed by atoms with Crippen molar-refractivity contribution in [2.24, 2.45) is 0 Å². The molecule has 7 heteroatoms. The highest BCUT2D eigenvalue weighted by molar-refractivity contribution is 7.20. The number of carbonyl (C=O) groups is 2. The number of benzene rings is 1. The van der Waals surface area contributed by atoms with Gasteiger partial charge in [0, 0.05) is 42.5 Å². The number of amides is 2. The van der Waals surface area contributed by atoms with E-state index in [0.29, 0.717) is 31.7 Å². The lowest BCUT2D eigenvalue weighted by Gasteiger charge is -2.34. The van der Waals surface area contributed by atoms with Crippen molar-refractivity contribution in [1.29, 1.82) is 0 Å². The van der Waals surface area contributed by atoms with Crippen LogP contribution in [0.4, 0.5) is 0 Å². The zero-order chi connectivity index (χ0) is 22.3. The fourth-order valence-electron chi connectivity index (χ4n) is 3.90. The minimum Gasteiger partial charge on any atom is -0.335 e. The molecule has 162 valence electrons. The molecule has 0 spiro atoms. The highest BCUT2D eigenvalue weighted by Gasteiger charge is 2.29. The van der Waals surface area contributed by atoms with Crippen molar-refractivity contribution >= 4 is 33.4 Å². The van der Waals surface area contributed by atoms with E-state index in [1.165, 1.54) is 11.3 Å². The third-order valence-electron chi connectivity index (χ3n) is 5.71. The molecule has 0 saturated carbocycles. The predicted octanol–water partition coefficient (Wildman–Crippen LogP) is 4.20. The van der Waals surface area contributed by atoms with Crippen molar-refractivity contribution in [3.05, 3.63) is 57.9 Å². The van der Waals surface area contributed by atoms with Crippen LogP contribution in [-0.4, -0.2) is 57.8 Å². The van der Waals surface area contributed by atoms with Gasteiger partial charge in [0.2, 0.25) is 0 Å². The number of fused-ring (bicyclic) bond motifs is 1. The largest absolute Gasteiger partial charge is 0.335 e. The van der Waals surface area contributed by atoms with Crippen LogP contribution in [0.25, 0.3) is 10.2 Å². The first-order valence-electron chi connectivity index (χ1n) is 10.6. The van der Waals surface area contributed by atoms with E-state index in [4.69, 9.17) is 9.97 Å². The molecular formula is C24H28N4O2S. The average molecular weight is 437 g/mol. The summed E-state index contributed by atoms with van der Waals surface area (Å²) in [6.07, 6.45) is 0. The molecule has 0 atom stereocenters. The second kappa shape index (κ2) is 8.04. The molecule has 2 amide bonds. The molecular weight excluding hydrogens is 408 g/mol. The van der Waals surface area contributed by atoms with Crippen LogP contribution in [0.1, 0.15) is 57.9 Å². The molecule has 4 rings (SSSR count). The lowest BCUT2D eigenvalue weighted by Crippen LogP contribution is -2.50. The number of rotatable bonds is 2. The zero-order valence-electron chi connectivity index (χ0n) is 18.7. The predicted molar refractivity (Wildman–Crippen MR) is 124 cm³/mol. The number of hydrogen-bond donors (Lipinski definition) is 0. The number of nitrogens with zero attached hydrogens (tertiary/aromatic N) is 4. The van der Waals surface area contributed by atoms with Crippen LogP contribution < -0.4 is 0 Å². The number of hydrogen-bond acceptors (Lipinski definition) is 5. The van der Waals surface area contributed by atoms with E-state index in [1.54, 1.807) is 0 Å². The van der Waals surface area contributed by atoms with E-state index < -0.39 is 0 Å². The maximum Gasteiger partial charge on any atom is 0.264 e. The molecule has 6 nitrogen and oxygen atoms in total. The Morgan fingerprint density at radius 3 is 2.06 bits per heavy atom. The number of carbonyl (C=O) groups excluding carboxylic acids is 2. The Morgan fingerprint density at radius 2 is 1.48 bits per heavy atom. The monoisotopic (exact) mass is 436 g/mol. The maximum absolute atomic E-state index is 13.3. The lowest BCUT2D eigenvalue weighted by atomic mass is 9.95. The Balaban J connectivity index is 1.53. The van der Waals surface area contributed by atoms with Crippen molar-refractivity contribution in [3.63, 3.8) is 0 Å². The van der Waals surface area contributed by atoms with Gasteiger partial charge in [-0.05, 0) is 31.5 Å². The molecule has 1 aliphatic rings. The first-order valence-corrected chi connectivity index (χ1v) is 11.4. The fourth-order valence-corrected chi connectivity index (χ4v) is 5.10. The number of thiophene rings is 1. The van der Waals surface area contributed by atoms with Gasteiger partial charge in [0.05, 0.1) is 10.6 Å². The van der Waals surface area contributed by atoms with Crippen molar-refractivity contribution in [1.82, 2.24) is 19.8 Å². The molecule has 0 N–H and O–H groups in total. The summed E-state index contributed by atoms with van der Waals surface area (Å²) in [6.45, 7) is 12.4. The SMILES string of the molecule is Cc1nc(C(C)(C)C)nc2sc(C(=O)N3CCN(C(=O)c4ccccc4)CC3)c(C)c12. The summed E-state index contributed by atoms with van der Waals surface area (Å²) < 4.78 is 0. The van der Waals surface area contributed by atoms with E-state index in [1.807, 2.05) is 54.0 Å². The van der Waals surface area contributed by atoms with E-state index >= 15 is 0 Å². The van der Waals surface area contributed by atoms with Gasteiger partial charge in [-0.2, -0.15) is 0 Å². The fraction of sp³-hybridized carbons (Fsp3) is 0.417. The standard InChI is InChI=1S/C24H28N4O2S/c1-15-18-16(2)25-23(24(3,4)5)26-20(18)31-19(15)22(30)28-13-11-27(12-14-28)21(29)17-9-7-6-8-10-17/h6-10H,11-14H2,1-5H3. The minimum atomic E-state index is -0.150. The zero-order valence-corrected chi connectivity index (χ0v) is 19.5. The highest BCUT2D eigenvalue weighted by Crippen LogP contribution is 2.34. The Bertz CT molecular complexity index is 1140. The molecule has 3 heterocycles. The second-order valence-electron chi connectivity index (χ2n) is 9.07. The number of aromatic nitrogens is 2. The Morgan fingerprint density at radius 1 is 0.903 bits per heavy atom. The van der Waals surface area contributed by atoms with Crippen LogP contribution in [0, 0.1) is 13.8 Å². The summed E-state index contributed by atoms with van der Waals surface area (Å²) in [5, 5.41) is 0.985. The summed E-state index contributed by atoms with van der Waals surface area (Å²) in [5.74, 6) is 0.834. The van der Waals surface area contributed by atoms with Crippen LogP contribution in [0.15, 0.2) is 30.3 Å². The molecule has 1 fully saturated rings. The quantitative estimate of drug-likeness (QED) is 0.604. The Hall–Kier alpha value is -2.80. The third kappa shape index (κ3) is 4.06. The molecule has 1 aliphatic heterocycles. The second-order valence-corrected chi connectivity index (χ2v) is 10.1. The van der Waals surface area contributed by atoms with Gasteiger partial charge in [-0.3, -0.25) is 9.59 Å². The summed E-state index contributed by atoms with van der Waals surface area (Å²) in [5.41, 5.74) is 2.40. The smallest absolute Gasteiger partial charge is 0.264 e. The third-order valence-corrected chi connectivity index (χ3v) is 6.88. The van der Waals surface area contributed by atoms with Gasteiger partial charge in [-0.1, -0.05) is 39.0 Å². The molecule has 0 bridgehead atoms. The molecule has 2 aromatic heterocycles. The molecule has 0 unspecified atom stereocenters. The number of piperazine rings is 1. The first kappa shape index (κ1) is 21.4. The molecule has 3 aromatic rings. The van der Waals surface area contributed by atoms with Crippen LogP contribution in [0.5, 0.6) is 0 Å². The topological polar surface area (TPSA) is 66.4 Å². The van der Waals surface area contributed by atoms with Crippen LogP contribution in [0.3, 0.4) is 0 Å². The molecule has 0 radical (unpaired) electrons. The van der Waals surface area contributed by atoms with Crippen molar-refractivity contribution in [3.8, 4) is 0 Å². The van der Waals surface area contributed by atoms with E-state index in [0.717, 1.165) is 32.2 Å². The summed E-state index contributed by atoms with van der Waals surface area (Å²) >= 11 is 1.45. The van der Waals surface area contributed by atoms with Gasteiger partial charge in [0.1, 0.15) is 10.7 Å². The Kier molecular flexibility index (Phi) is 5.56. The highest BCUT2D eigenvalue weighted by atomic mass is 32.1. The van der Waals surface area contributed by atoms with Gasteiger partial charge < -0.3 is 9.80 Å². The van der Waals surface area contributed by atoms with Crippen LogP contribution in [0.2, 0.25) is 0 Å². The van der Waals surface area contributed by atoms with E-state index in [2.05, 4.69) is 20.8 Å². The van der Waals surface area contributed by atoms with E-state index in [9.17, 15) is 9.59 Å². The van der Waals surface area contributed by atoms with Gasteiger partial charge in [-0.15, -0.1) is 11.3 Å². The first-order chi connectivity index (χ1) is 14.7. The molecule has 0 aliphatic carbocycles. The van der Waals surface area contributed by atoms with E-state index in [-0.39, 0.29) is 17.2 Å². The average Bonchev–Trinajstić information content (AvgIpc) is 3.10. The van der Waals surface area contributed by atoms with Crippen LogP contribution >= 0.6 is 11.3 Å². The summed E-state index contributed by atoms with van der Waals surface area (Å²) in [4.78, 5) is 40.7. The molecule has 31 heavy (non-hydrogen) atoms. The Labute approximate surface area is 186 Å². The molecule has 1 aromatic carbocycles. The lowest BCUT2D eigenvalue weighted by molar-refractivity contribution is 0.0538. The van der Waals surface area contributed by atoms with Gasteiger partial charge in [0.25, 0.3) is 11.8 Å². The molecule has 1 saturated heterocycles. The number of aryl methyl sites for hydroxylation is 2. The van der Waals surface area contributed by atoms with Crippen molar-refractivity contribution in [2.45, 2.75) is 40.0 Å². The summed E-state index contributed by atoms with van der Waals surface area (Å²) in [6, 6.07) is 9.29. The van der Waals surface area contributed by atoms with Crippen LogP contribution in [-0.2, 0) is 5.41 Å². The van der Waals surface area contributed by atoms with Crippen molar-refractivity contribution in [2.75, 3.05) is 26.2 Å². The van der Waals surface area contributed by atoms with Gasteiger partial charge >= 0.3 is 0 Å². The summed E-state index contributed by atoms with van der Waals surface area (Å²) in [7, 11) is 0. The van der Waals surface area contributed by atoms with Crippen molar-refractivity contribution < 1.29 is 9.59 Å². The van der Waals surface area contributed by atoms with Gasteiger partial charge in [-0.25, -0.2) is 9.97 Å². The normalized spacial score (nSPS) is 14.9. The maximum atomic E-state index is 13.3. The van der Waals surface area contributed by atoms with Gasteiger partial charge in [0.15, 0.2) is 0 Å². The minimum absolute atomic E-state index is 0.0176.